The van der Waals surface area contributed by atoms with Crippen LogP contribution in [0.4, 0.5) is 4.39 Å². The van der Waals surface area contributed by atoms with Crippen molar-refractivity contribution in [3.63, 3.8) is 0 Å². The SMILES string of the molecule is C[C@H](Oc1nc2c(F)c(-c3cccc4cccc(C#N)c34)c(Cl)cc2c2c1[nH]c(=O)n2[C@H]1CCN[C@H](CC#N)C1)[C@@H]1CCCN1C. The summed E-state index contributed by atoms with van der Waals surface area (Å²) in [7, 11) is 2.06. The maximum atomic E-state index is 17.1. The van der Waals surface area contributed by atoms with Crippen molar-refractivity contribution in [3.8, 4) is 29.1 Å². The summed E-state index contributed by atoms with van der Waals surface area (Å²) in [5, 5.41) is 24.5. The van der Waals surface area contributed by atoms with E-state index in [1.165, 1.54) is 0 Å². The number of imidazole rings is 1. The van der Waals surface area contributed by atoms with E-state index in [0.717, 1.165) is 24.8 Å². The number of hydrogen-bond acceptors (Lipinski definition) is 7. The molecule has 2 aliphatic heterocycles. The number of halogens is 2. The highest BCUT2D eigenvalue weighted by atomic mass is 35.5. The predicted octanol–water partition coefficient (Wildman–Crippen LogP) is 6.43. The Morgan fingerprint density at radius 2 is 2.02 bits per heavy atom. The summed E-state index contributed by atoms with van der Waals surface area (Å²) in [6.45, 7) is 3.56. The van der Waals surface area contributed by atoms with Crippen LogP contribution in [0.1, 0.15) is 50.6 Å². The van der Waals surface area contributed by atoms with E-state index in [1.807, 2.05) is 25.1 Å². The number of likely N-dealkylation sites (tertiary alicyclic amines) is 1. The summed E-state index contributed by atoms with van der Waals surface area (Å²) in [5.41, 5.74) is 1.55. The van der Waals surface area contributed by atoms with E-state index in [9.17, 15) is 15.3 Å². The van der Waals surface area contributed by atoms with E-state index in [0.29, 0.717) is 58.7 Å². The van der Waals surface area contributed by atoms with Gasteiger partial charge in [-0.05, 0) is 75.8 Å². The summed E-state index contributed by atoms with van der Waals surface area (Å²) in [5.74, 6) is -0.510. The molecule has 11 heteroatoms. The molecule has 2 fully saturated rings. The number of rotatable bonds is 6. The summed E-state index contributed by atoms with van der Waals surface area (Å²) >= 11 is 6.94. The lowest BCUT2D eigenvalue weighted by molar-refractivity contribution is 0.118. The molecule has 0 bridgehead atoms. The van der Waals surface area contributed by atoms with Crippen molar-refractivity contribution < 1.29 is 9.13 Å². The number of fused-ring (bicyclic) bond motifs is 4. The number of aromatic nitrogens is 3. The first kappa shape index (κ1) is 30.2. The minimum Gasteiger partial charge on any atom is -0.471 e. The first-order chi connectivity index (χ1) is 22.3. The molecule has 2 N–H and O–H groups in total. The molecule has 0 aliphatic carbocycles. The lowest BCUT2D eigenvalue weighted by atomic mass is 9.93. The number of nitrogens with one attached hydrogen (secondary N) is 2. The van der Waals surface area contributed by atoms with Gasteiger partial charge >= 0.3 is 5.69 Å². The molecule has 9 nitrogen and oxygen atoms in total. The highest BCUT2D eigenvalue weighted by Gasteiger charge is 2.32. The van der Waals surface area contributed by atoms with Gasteiger partial charge in [0.05, 0.1) is 34.7 Å². The Kier molecular flexibility index (Phi) is 7.90. The number of pyridine rings is 1. The number of hydrogen-bond donors (Lipinski definition) is 2. The number of benzene rings is 3. The van der Waals surface area contributed by atoms with Crippen LogP contribution in [-0.2, 0) is 0 Å². The van der Waals surface area contributed by atoms with Crippen LogP contribution in [0.25, 0.3) is 43.8 Å². The maximum absolute atomic E-state index is 17.1. The molecular weight excluding hydrogens is 605 g/mol. The fourth-order valence-corrected chi connectivity index (χ4v) is 7.81. The Hall–Kier alpha value is -4.48. The Morgan fingerprint density at radius 3 is 2.76 bits per heavy atom. The number of ether oxygens (including phenoxy) is 1. The molecule has 234 valence electrons. The molecule has 2 aromatic heterocycles. The molecule has 4 atom stereocenters. The predicted molar refractivity (Wildman–Crippen MR) is 177 cm³/mol. The van der Waals surface area contributed by atoms with Crippen LogP contribution in [0.15, 0.2) is 47.3 Å². The summed E-state index contributed by atoms with van der Waals surface area (Å²) in [6, 6.07) is 16.7. The molecular formula is C35H33ClFN7O2. The molecule has 2 aliphatic rings. The van der Waals surface area contributed by atoms with Gasteiger partial charge in [0.15, 0.2) is 5.82 Å². The Morgan fingerprint density at radius 1 is 1.22 bits per heavy atom. The maximum Gasteiger partial charge on any atom is 0.326 e. The quantitative estimate of drug-likeness (QED) is 0.220. The molecule has 7 rings (SSSR count). The largest absolute Gasteiger partial charge is 0.471 e. The van der Waals surface area contributed by atoms with Crippen LogP contribution in [0.2, 0.25) is 5.02 Å². The highest BCUT2D eigenvalue weighted by molar-refractivity contribution is 6.35. The van der Waals surface area contributed by atoms with Gasteiger partial charge in [0.2, 0.25) is 5.88 Å². The second-order valence-corrected chi connectivity index (χ2v) is 12.8. The molecule has 0 saturated carbocycles. The van der Waals surface area contributed by atoms with Crippen molar-refractivity contribution in [3.05, 3.63) is 69.4 Å². The van der Waals surface area contributed by atoms with Gasteiger partial charge < -0.3 is 15.0 Å². The van der Waals surface area contributed by atoms with Crippen LogP contribution in [-0.4, -0.2) is 57.8 Å². The molecule has 46 heavy (non-hydrogen) atoms. The highest BCUT2D eigenvalue weighted by Crippen LogP contribution is 2.43. The fraction of sp³-hybridized carbons (Fsp3) is 0.371. The zero-order chi connectivity index (χ0) is 32.1. The van der Waals surface area contributed by atoms with E-state index in [-0.39, 0.29) is 51.9 Å². The molecule has 4 heterocycles. The number of piperidine rings is 1. The van der Waals surface area contributed by atoms with Crippen LogP contribution >= 0.6 is 11.6 Å². The monoisotopic (exact) mass is 637 g/mol. The summed E-state index contributed by atoms with van der Waals surface area (Å²) in [6.07, 6.45) is 3.25. The van der Waals surface area contributed by atoms with E-state index in [1.54, 1.807) is 28.8 Å². The number of nitriles is 2. The first-order valence-corrected chi connectivity index (χ1v) is 16.0. The van der Waals surface area contributed by atoms with E-state index in [2.05, 4.69) is 34.4 Å². The molecule has 3 aromatic carbocycles. The lowest BCUT2D eigenvalue weighted by Crippen LogP contribution is -2.40. The van der Waals surface area contributed by atoms with Crippen LogP contribution < -0.4 is 15.7 Å². The second-order valence-electron chi connectivity index (χ2n) is 12.4. The topological polar surface area (TPSA) is 123 Å². The van der Waals surface area contributed by atoms with Crippen LogP contribution in [0.5, 0.6) is 5.88 Å². The third kappa shape index (κ3) is 4.98. The van der Waals surface area contributed by atoms with Crippen molar-refractivity contribution in [2.45, 2.75) is 63.3 Å². The van der Waals surface area contributed by atoms with Crippen molar-refractivity contribution in [2.75, 3.05) is 20.1 Å². The van der Waals surface area contributed by atoms with Gasteiger partial charge in [0.25, 0.3) is 0 Å². The van der Waals surface area contributed by atoms with Gasteiger partial charge in [-0.3, -0.25) is 9.47 Å². The molecule has 5 aromatic rings. The number of aromatic amines is 1. The number of H-pyrrole nitrogens is 1. The molecule has 2 saturated heterocycles. The Balaban J connectivity index is 1.49. The fourth-order valence-electron chi connectivity index (χ4n) is 7.51. The van der Waals surface area contributed by atoms with Gasteiger partial charge in [-0.25, -0.2) is 14.2 Å². The van der Waals surface area contributed by atoms with Gasteiger partial charge in [0.1, 0.15) is 17.1 Å². The zero-order valence-electron chi connectivity index (χ0n) is 25.6. The summed E-state index contributed by atoms with van der Waals surface area (Å²) in [4.78, 5) is 23.7. The number of nitrogens with zero attached hydrogens (tertiary/aromatic N) is 5. The van der Waals surface area contributed by atoms with Crippen LogP contribution in [0.3, 0.4) is 0 Å². The molecule has 0 amide bonds. The molecule has 0 radical (unpaired) electrons. The van der Waals surface area contributed by atoms with Gasteiger partial charge in [-0.2, -0.15) is 10.5 Å². The standard InChI is InChI=1S/C35H33ClFN7O2/c1-19(27-10-5-15-43(27)2)46-34-32-33(44(35(45)42-32)23-12-14-40-22(16-23)11-13-38)25-17-26(36)29(30(37)31(25)41-34)24-9-4-7-20-6-3-8-21(18-39)28(20)24/h3-4,6-9,17,19,22-23,27,40H,5,10-12,14-16H2,1-2H3,(H,42,45)/t19-,22+,23-,27-/m0/s1. The van der Waals surface area contributed by atoms with E-state index < -0.39 is 5.82 Å². The van der Waals surface area contributed by atoms with Crippen molar-refractivity contribution in [1.29, 1.82) is 10.5 Å². The molecule has 0 unspecified atom stereocenters. The average molecular weight is 638 g/mol. The summed E-state index contributed by atoms with van der Waals surface area (Å²) < 4.78 is 25.3. The minimum absolute atomic E-state index is 0.0237. The second kappa shape index (κ2) is 12.0. The minimum atomic E-state index is -0.659. The van der Waals surface area contributed by atoms with E-state index in [4.69, 9.17) is 21.3 Å². The van der Waals surface area contributed by atoms with Crippen molar-refractivity contribution in [1.82, 2.24) is 24.8 Å². The van der Waals surface area contributed by atoms with Crippen molar-refractivity contribution in [2.24, 2.45) is 0 Å². The normalized spacial score (nSPS) is 21.0. The zero-order valence-corrected chi connectivity index (χ0v) is 26.4. The van der Waals surface area contributed by atoms with Gasteiger partial charge in [-0.1, -0.05) is 41.9 Å². The third-order valence-corrected chi connectivity index (χ3v) is 9.98. The van der Waals surface area contributed by atoms with Gasteiger partial charge in [-0.15, -0.1) is 0 Å². The third-order valence-electron chi connectivity index (χ3n) is 9.68. The Bertz CT molecular complexity index is 2140. The van der Waals surface area contributed by atoms with Crippen molar-refractivity contribution >= 4 is 44.3 Å². The first-order valence-electron chi connectivity index (χ1n) is 15.7. The Labute approximate surface area is 270 Å². The smallest absolute Gasteiger partial charge is 0.326 e. The lowest BCUT2D eigenvalue weighted by Gasteiger charge is -2.30. The van der Waals surface area contributed by atoms with E-state index >= 15 is 4.39 Å². The van der Waals surface area contributed by atoms with Crippen LogP contribution in [0, 0.1) is 28.5 Å². The van der Waals surface area contributed by atoms with Gasteiger partial charge in [0, 0.05) is 34.5 Å². The molecule has 0 spiro atoms. The number of likely N-dealkylation sites (N-methyl/N-ethyl adjacent to an activating group) is 1. The average Bonchev–Trinajstić information content (AvgIpc) is 3.64.